The summed E-state index contributed by atoms with van der Waals surface area (Å²) in [5.74, 6) is 0.747. The van der Waals surface area contributed by atoms with Crippen molar-refractivity contribution in [3.8, 4) is 11.5 Å². The minimum atomic E-state index is -0.662. The molecule has 7 heteroatoms. The lowest BCUT2D eigenvalue weighted by atomic mass is 10.1. The van der Waals surface area contributed by atoms with E-state index in [1.165, 1.54) is 4.90 Å². The molecule has 0 fully saturated rings. The smallest absolute Gasteiger partial charge is 0.261 e. The third-order valence-electron chi connectivity index (χ3n) is 4.83. The molecule has 0 aliphatic carbocycles. The van der Waals surface area contributed by atoms with E-state index in [1.54, 1.807) is 50.4 Å². The van der Waals surface area contributed by atoms with Gasteiger partial charge >= 0.3 is 0 Å². The summed E-state index contributed by atoms with van der Waals surface area (Å²) in [6.45, 7) is 5.70. The molecule has 162 valence electrons. The molecule has 0 spiro atoms. The lowest BCUT2D eigenvalue weighted by molar-refractivity contribution is -0.142. The molecule has 2 atom stereocenters. The molecule has 2 aromatic rings. The van der Waals surface area contributed by atoms with Crippen LogP contribution in [0.15, 0.2) is 48.5 Å². The van der Waals surface area contributed by atoms with Crippen LogP contribution in [0.4, 0.5) is 0 Å². The molecule has 2 rings (SSSR count). The van der Waals surface area contributed by atoms with Gasteiger partial charge in [0.15, 0.2) is 6.61 Å². The van der Waals surface area contributed by atoms with E-state index in [2.05, 4.69) is 5.32 Å². The van der Waals surface area contributed by atoms with E-state index in [4.69, 9.17) is 21.1 Å². The monoisotopic (exact) mass is 432 g/mol. The van der Waals surface area contributed by atoms with Gasteiger partial charge in [-0.25, -0.2) is 0 Å². The van der Waals surface area contributed by atoms with Gasteiger partial charge in [-0.05, 0) is 62.2 Å². The maximum absolute atomic E-state index is 13.0. The Bertz CT molecular complexity index is 841. The minimum absolute atomic E-state index is 0.0265. The van der Waals surface area contributed by atoms with Crippen molar-refractivity contribution in [1.29, 1.82) is 0 Å². The van der Waals surface area contributed by atoms with Crippen LogP contribution < -0.4 is 14.8 Å². The first-order valence-electron chi connectivity index (χ1n) is 9.95. The lowest BCUT2D eigenvalue weighted by Gasteiger charge is -2.29. The highest BCUT2D eigenvalue weighted by Crippen LogP contribution is 2.18. The normalized spacial score (nSPS) is 12.6. The molecule has 0 bridgehead atoms. The van der Waals surface area contributed by atoms with Gasteiger partial charge in [0, 0.05) is 17.6 Å². The van der Waals surface area contributed by atoms with E-state index in [0.29, 0.717) is 16.5 Å². The molecule has 1 N–H and O–H groups in total. The van der Waals surface area contributed by atoms with Gasteiger partial charge in [-0.1, -0.05) is 30.7 Å². The standard InChI is InChI=1S/C23H29ClN2O4/c1-5-16(2)25-23(28)17(3)26(14-18-7-6-8-19(24)13-18)22(27)15-30-21-11-9-20(29-4)10-12-21/h6-13,16-17H,5,14-15H2,1-4H3,(H,25,28)/t16-,17-/m0/s1. The quantitative estimate of drug-likeness (QED) is 0.614. The van der Waals surface area contributed by atoms with Gasteiger partial charge in [-0.15, -0.1) is 0 Å². The maximum Gasteiger partial charge on any atom is 0.261 e. The highest BCUT2D eigenvalue weighted by atomic mass is 35.5. The van der Waals surface area contributed by atoms with E-state index in [-0.39, 0.29) is 31.0 Å². The first kappa shape index (κ1) is 23.5. The number of hydrogen-bond acceptors (Lipinski definition) is 4. The summed E-state index contributed by atoms with van der Waals surface area (Å²) in [5.41, 5.74) is 0.837. The molecule has 2 amide bonds. The van der Waals surface area contributed by atoms with Crippen molar-refractivity contribution in [3.05, 3.63) is 59.1 Å². The van der Waals surface area contributed by atoms with Gasteiger partial charge in [-0.2, -0.15) is 0 Å². The number of carbonyl (C=O) groups excluding carboxylic acids is 2. The molecule has 0 radical (unpaired) electrons. The number of nitrogens with one attached hydrogen (secondary N) is 1. The molecule has 0 aromatic heterocycles. The zero-order valence-corrected chi connectivity index (χ0v) is 18.6. The number of hydrogen-bond donors (Lipinski definition) is 1. The molecule has 0 aliphatic rings. The van der Waals surface area contributed by atoms with Crippen molar-refractivity contribution in [2.24, 2.45) is 0 Å². The molecular formula is C23H29ClN2O4. The summed E-state index contributed by atoms with van der Waals surface area (Å²) in [4.78, 5) is 27.2. The average Bonchev–Trinajstić information content (AvgIpc) is 2.75. The van der Waals surface area contributed by atoms with E-state index in [0.717, 1.165) is 12.0 Å². The molecule has 2 aromatic carbocycles. The Labute approximate surface area is 183 Å². The van der Waals surface area contributed by atoms with Crippen LogP contribution in [-0.4, -0.2) is 42.5 Å². The molecule has 0 aliphatic heterocycles. The number of amides is 2. The van der Waals surface area contributed by atoms with Crippen LogP contribution >= 0.6 is 11.6 Å². The second kappa shape index (κ2) is 11.5. The number of carbonyl (C=O) groups is 2. The van der Waals surface area contributed by atoms with E-state index in [1.807, 2.05) is 26.0 Å². The number of benzene rings is 2. The molecular weight excluding hydrogens is 404 g/mol. The third-order valence-corrected chi connectivity index (χ3v) is 5.07. The van der Waals surface area contributed by atoms with Crippen molar-refractivity contribution in [2.75, 3.05) is 13.7 Å². The maximum atomic E-state index is 13.0. The fourth-order valence-corrected chi connectivity index (χ4v) is 2.99. The summed E-state index contributed by atoms with van der Waals surface area (Å²) in [7, 11) is 1.58. The van der Waals surface area contributed by atoms with Crippen LogP contribution in [0, 0.1) is 0 Å². The number of methoxy groups -OCH3 is 1. The van der Waals surface area contributed by atoms with Crippen molar-refractivity contribution in [1.82, 2.24) is 10.2 Å². The van der Waals surface area contributed by atoms with E-state index < -0.39 is 6.04 Å². The molecule has 30 heavy (non-hydrogen) atoms. The average molecular weight is 433 g/mol. The fourth-order valence-electron chi connectivity index (χ4n) is 2.78. The Morgan fingerprint density at radius 3 is 2.37 bits per heavy atom. The molecule has 0 heterocycles. The first-order chi connectivity index (χ1) is 14.3. The van der Waals surface area contributed by atoms with E-state index in [9.17, 15) is 9.59 Å². The first-order valence-corrected chi connectivity index (χ1v) is 10.3. The van der Waals surface area contributed by atoms with Crippen molar-refractivity contribution in [3.63, 3.8) is 0 Å². The second-order valence-electron chi connectivity index (χ2n) is 7.11. The Kier molecular flexibility index (Phi) is 8.99. The van der Waals surface area contributed by atoms with Gasteiger partial charge < -0.3 is 19.7 Å². The zero-order chi connectivity index (χ0) is 22.1. The summed E-state index contributed by atoms with van der Waals surface area (Å²) in [6, 6.07) is 13.6. The van der Waals surface area contributed by atoms with Crippen LogP contribution in [0.3, 0.4) is 0 Å². The van der Waals surface area contributed by atoms with Crippen LogP contribution in [0.1, 0.15) is 32.8 Å². The van der Waals surface area contributed by atoms with Gasteiger partial charge in [0.1, 0.15) is 17.5 Å². The Hall–Kier alpha value is -2.73. The number of ether oxygens (including phenoxy) is 2. The van der Waals surface area contributed by atoms with Crippen molar-refractivity contribution >= 4 is 23.4 Å². The van der Waals surface area contributed by atoms with Gasteiger partial charge in [-0.3, -0.25) is 9.59 Å². The topological polar surface area (TPSA) is 67.9 Å². The Morgan fingerprint density at radius 2 is 1.77 bits per heavy atom. The molecule has 6 nitrogen and oxygen atoms in total. The SMILES string of the molecule is CC[C@H](C)NC(=O)[C@H](C)N(Cc1cccc(Cl)c1)C(=O)COc1ccc(OC)cc1. The predicted octanol–water partition coefficient (Wildman–Crippen LogP) is 4.06. The molecule has 0 saturated heterocycles. The minimum Gasteiger partial charge on any atom is -0.497 e. The highest BCUT2D eigenvalue weighted by molar-refractivity contribution is 6.30. The van der Waals surface area contributed by atoms with Crippen molar-refractivity contribution < 1.29 is 19.1 Å². The van der Waals surface area contributed by atoms with Gasteiger partial charge in [0.25, 0.3) is 5.91 Å². The number of halogens is 1. The van der Waals surface area contributed by atoms with Gasteiger partial charge in [0.2, 0.25) is 5.91 Å². The van der Waals surface area contributed by atoms with Crippen molar-refractivity contribution in [2.45, 2.75) is 45.8 Å². The van der Waals surface area contributed by atoms with Crippen LogP contribution in [0.5, 0.6) is 11.5 Å². The predicted molar refractivity (Wildman–Crippen MR) is 118 cm³/mol. The van der Waals surface area contributed by atoms with Crippen LogP contribution in [-0.2, 0) is 16.1 Å². The summed E-state index contributed by atoms with van der Waals surface area (Å²) in [6.07, 6.45) is 0.807. The zero-order valence-electron chi connectivity index (χ0n) is 17.9. The fraction of sp³-hybridized carbons (Fsp3) is 0.391. The Morgan fingerprint density at radius 1 is 1.10 bits per heavy atom. The molecule has 0 unspecified atom stereocenters. The highest BCUT2D eigenvalue weighted by Gasteiger charge is 2.27. The summed E-state index contributed by atoms with van der Waals surface area (Å²) >= 11 is 6.09. The summed E-state index contributed by atoms with van der Waals surface area (Å²) in [5, 5.41) is 3.51. The van der Waals surface area contributed by atoms with E-state index >= 15 is 0 Å². The number of nitrogens with zero attached hydrogens (tertiary/aromatic N) is 1. The third kappa shape index (κ3) is 6.95. The summed E-state index contributed by atoms with van der Waals surface area (Å²) < 4.78 is 10.8. The number of rotatable bonds is 10. The largest absolute Gasteiger partial charge is 0.497 e. The lowest BCUT2D eigenvalue weighted by Crippen LogP contribution is -2.50. The van der Waals surface area contributed by atoms with Crippen LogP contribution in [0.25, 0.3) is 0 Å². The second-order valence-corrected chi connectivity index (χ2v) is 7.55. The van der Waals surface area contributed by atoms with Gasteiger partial charge in [0.05, 0.1) is 7.11 Å². The molecule has 0 saturated carbocycles. The van der Waals surface area contributed by atoms with Crippen LogP contribution in [0.2, 0.25) is 5.02 Å². The Balaban J connectivity index is 2.13.